The quantitative estimate of drug-likeness (QED) is 0.632. The van der Waals surface area contributed by atoms with Gasteiger partial charge in [-0.1, -0.05) is 0 Å². The van der Waals surface area contributed by atoms with Crippen LogP contribution in [0.3, 0.4) is 0 Å². The first-order valence-corrected chi connectivity index (χ1v) is 4.37. The van der Waals surface area contributed by atoms with Crippen molar-refractivity contribution in [3.63, 3.8) is 0 Å². The molecular formula is C10H14N4. The zero-order chi connectivity index (χ0) is 10.4. The van der Waals surface area contributed by atoms with E-state index in [2.05, 4.69) is 15.0 Å². The van der Waals surface area contributed by atoms with Crippen molar-refractivity contribution < 1.29 is 0 Å². The molecule has 0 unspecified atom stereocenters. The summed E-state index contributed by atoms with van der Waals surface area (Å²) in [5.74, 6) is 1.88. The fraction of sp³-hybridized carbons (Fsp3) is 0.300. The number of hydrogen-bond acceptors (Lipinski definition) is 3. The average molecular weight is 190 g/mol. The zero-order valence-corrected chi connectivity index (χ0v) is 8.68. The molecule has 2 rings (SSSR count). The van der Waals surface area contributed by atoms with Crippen LogP contribution in [-0.4, -0.2) is 19.5 Å². The molecular weight excluding hydrogens is 176 g/mol. The fourth-order valence-electron chi connectivity index (χ4n) is 0.814. The van der Waals surface area contributed by atoms with E-state index in [4.69, 9.17) is 0 Å². The first-order chi connectivity index (χ1) is 6.70. The smallest absolute Gasteiger partial charge is 0.125 e. The highest BCUT2D eigenvalue weighted by Gasteiger charge is 1.83. The van der Waals surface area contributed by atoms with E-state index in [9.17, 15) is 0 Å². The molecule has 0 N–H and O–H groups in total. The molecule has 4 nitrogen and oxygen atoms in total. The van der Waals surface area contributed by atoms with Gasteiger partial charge in [-0.05, 0) is 19.9 Å². The fourth-order valence-corrected chi connectivity index (χ4v) is 0.814. The Morgan fingerprint density at radius 3 is 1.86 bits per heavy atom. The van der Waals surface area contributed by atoms with Crippen LogP contribution in [0.2, 0.25) is 0 Å². The minimum Gasteiger partial charge on any atom is -0.338 e. The highest BCUT2D eigenvalue weighted by atomic mass is 15.0. The predicted octanol–water partition coefficient (Wildman–Crippen LogP) is 1.51. The molecule has 0 bridgehead atoms. The SMILES string of the molecule is Cc1ncccn1.Cc1nccn1C. The summed E-state index contributed by atoms with van der Waals surface area (Å²) in [6.45, 7) is 3.83. The summed E-state index contributed by atoms with van der Waals surface area (Å²) in [5, 5.41) is 0. The van der Waals surface area contributed by atoms with Gasteiger partial charge in [-0.2, -0.15) is 0 Å². The summed E-state index contributed by atoms with van der Waals surface area (Å²) in [6.07, 6.45) is 7.16. The van der Waals surface area contributed by atoms with Gasteiger partial charge in [0.05, 0.1) is 0 Å². The minimum absolute atomic E-state index is 0.822. The molecule has 0 aliphatic carbocycles. The van der Waals surface area contributed by atoms with Crippen molar-refractivity contribution in [1.29, 1.82) is 0 Å². The molecule has 2 aromatic heterocycles. The second-order valence-corrected chi connectivity index (χ2v) is 2.88. The molecule has 14 heavy (non-hydrogen) atoms. The van der Waals surface area contributed by atoms with Gasteiger partial charge in [0.1, 0.15) is 11.6 Å². The van der Waals surface area contributed by atoms with E-state index in [1.54, 1.807) is 24.7 Å². The molecule has 0 saturated heterocycles. The molecule has 0 spiro atoms. The van der Waals surface area contributed by atoms with Crippen LogP contribution in [0.1, 0.15) is 11.6 Å². The van der Waals surface area contributed by atoms with Gasteiger partial charge < -0.3 is 4.57 Å². The van der Waals surface area contributed by atoms with Crippen molar-refractivity contribution in [1.82, 2.24) is 19.5 Å². The summed E-state index contributed by atoms with van der Waals surface area (Å²) >= 11 is 0. The van der Waals surface area contributed by atoms with Gasteiger partial charge in [0, 0.05) is 31.8 Å². The number of hydrogen-bond donors (Lipinski definition) is 0. The Hall–Kier alpha value is -1.71. The van der Waals surface area contributed by atoms with Gasteiger partial charge in [0.25, 0.3) is 0 Å². The third kappa shape index (κ3) is 3.35. The maximum absolute atomic E-state index is 3.98. The van der Waals surface area contributed by atoms with Crippen LogP contribution in [0.5, 0.6) is 0 Å². The predicted molar refractivity (Wildman–Crippen MR) is 54.7 cm³/mol. The molecule has 0 aliphatic heterocycles. The lowest BCUT2D eigenvalue weighted by atomic mass is 10.6. The van der Waals surface area contributed by atoms with Gasteiger partial charge in [0.2, 0.25) is 0 Å². The molecule has 0 fully saturated rings. The van der Waals surface area contributed by atoms with E-state index >= 15 is 0 Å². The number of aromatic nitrogens is 4. The second-order valence-electron chi connectivity index (χ2n) is 2.88. The lowest BCUT2D eigenvalue weighted by Gasteiger charge is -1.87. The Bertz CT molecular complexity index is 350. The van der Waals surface area contributed by atoms with E-state index in [1.807, 2.05) is 31.7 Å². The van der Waals surface area contributed by atoms with E-state index in [0.29, 0.717) is 0 Å². The standard InChI is InChI=1S/C5H8N2.C5H6N2/c1-5-6-3-4-7(5)2;1-5-6-3-2-4-7-5/h3-4H,1-2H3;2-4H,1H3. The van der Waals surface area contributed by atoms with Crippen molar-refractivity contribution in [3.8, 4) is 0 Å². The number of aryl methyl sites for hydroxylation is 3. The van der Waals surface area contributed by atoms with Gasteiger partial charge in [-0.3, -0.25) is 0 Å². The Kier molecular flexibility index (Phi) is 3.79. The van der Waals surface area contributed by atoms with Crippen molar-refractivity contribution in [2.24, 2.45) is 7.05 Å². The monoisotopic (exact) mass is 190 g/mol. The minimum atomic E-state index is 0.822. The molecule has 0 radical (unpaired) electrons. The Balaban J connectivity index is 0.000000140. The van der Waals surface area contributed by atoms with Crippen molar-refractivity contribution in [3.05, 3.63) is 42.5 Å². The molecule has 0 aromatic carbocycles. The third-order valence-corrected chi connectivity index (χ3v) is 1.76. The first kappa shape index (κ1) is 10.4. The summed E-state index contributed by atoms with van der Waals surface area (Å²) in [7, 11) is 1.97. The molecule has 2 aromatic rings. The van der Waals surface area contributed by atoms with Gasteiger partial charge >= 0.3 is 0 Å². The molecule has 2 heterocycles. The summed E-state index contributed by atoms with van der Waals surface area (Å²) in [5.41, 5.74) is 0. The van der Waals surface area contributed by atoms with E-state index < -0.39 is 0 Å². The van der Waals surface area contributed by atoms with E-state index in [0.717, 1.165) is 11.6 Å². The van der Waals surface area contributed by atoms with E-state index in [1.165, 1.54) is 0 Å². The van der Waals surface area contributed by atoms with Crippen molar-refractivity contribution >= 4 is 0 Å². The molecule has 0 saturated carbocycles. The summed E-state index contributed by atoms with van der Waals surface area (Å²) < 4.78 is 1.97. The topological polar surface area (TPSA) is 43.6 Å². The van der Waals surface area contributed by atoms with Crippen LogP contribution < -0.4 is 0 Å². The first-order valence-electron chi connectivity index (χ1n) is 4.37. The largest absolute Gasteiger partial charge is 0.338 e. The summed E-state index contributed by atoms with van der Waals surface area (Å²) in [6, 6.07) is 1.80. The van der Waals surface area contributed by atoms with Crippen LogP contribution in [0, 0.1) is 13.8 Å². The number of nitrogens with zero attached hydrogens (tertiary/aromatic N) is 4. The van der Waals surface area contributed by atoms with Gasteiger partial charge in [0.15, 0.2) is 0 Å². The lowest BCUT2D eigenvalue weighted by molar-refractivity contribution is 0.858. The lowest BCUT2D eigenvalue weighted by Crippen LogP contribution is -1.86. The van der Waals surface area contributed by atoms with Gasteiger partial charge in [-0.25, -0.2) is 15.0 Å². The Morgan fingerprint density at radius 2 is 1.64 bits per heavy atom. The van der Waals surface area contributed by atoms with Gasteiger partial charge in [-0.15, -0.1) is 0 Å². The summed E-state index contributed by atoms with van der Waals surface area (Å²) in [4.78, 5) is 11.7. The van der Waals surface area contributed by atoms with E-state index in [-0.39, 0.29) is 0 Å². The van der Waals surface area contributed by atoms with Crippen LogP contribution in [0.4, 0.5) is 0 Å². The highest BCUT2D eigenvalue weighted by Crippen LogP contribution is 1.87. The average Bonchev–Trinajstić information content (AvgIpc) is 2.53. The highest BCUT2D eigenvalue weighted by molar-refractivity contribution is 4.85. The zero-order valence-electron chi connectivity index (χ0n) is 8.68. The number of rotatable bonds is 0. The van der Waals surface area contributed by atoms with Crippen LogP contribution in [0.15, 0.2) is 30.9 Å². The molecule has 4 heteroatoms. The van der Waals surface area contributed by atoms with Crippen LogP contribution >= 0.6 is 0 Å². The molecule has 0 aliphatic rings. The number of imidazole rings is 1. The molecule has 0 atom stereocenters. The maximum Gasteiger partial charge on any atom is 0.125 e. The maximum atomic E-state index is 3.98. The van der Waals surface area contributed by atoms with Crippen LogP contribution in [-0.2, 0) is 7.05 Å². The normalized spacial score (nSPS) is 9.07. The second kappa shape index (κ2) is 5.11. The van der Waals surface area contributed by atoms with Crippen LogP contribution in [0.25, 0.3) is 0 Å². The Labute approximate surface area is 83.7 Å². The molecule has 0 amide bonds. The van der Waals surface area contributed by atoms with Crippen molar-refractivity contribution in [2.45, 2.75) is 13.8 Å². The Morgan fingerprint density at radius 1 is 1.00 bits per heavy atom. The van der Waals surface area contributed by atoms with Crippen molar-refractivity contribution in [2.75, 3.05) is 0 Å². The third-order valence-electron chi connectivity index (χ3n) is 1.76. The molecule has 74 valence electrons.